The average Bonchev–Trinajstić information content (AvgIpc) is 2.41. The lowest BCUT2D eigenvalue weighted by Gasteiger charge is -2.49. The molecule has 2 N–H and O–H groups in total. The molecule has 20 heavy (non-hydrogen) atoms. The molecular weight excluding hydrogens is 246 g/mol. The van der Waals surface area contributed by atoms with E-state index in [1.165, 1.54) is 38.5 Å². The molecule has 0 spiro atoms. The molecule has 2 rings (SSSR count). The van der Waals surface area contributed by atoms with Crippen LogP contribution in [0.4, 0.5) is 0 Å². The van der Waals surface area contributed by atoms with Crippen molar-refractivity contribution in [1.82, 2.24) is 0 Å². The number of ether oxygens (including phenoxy) is 1. The first-order valence-corrected chi connectivity index (χ1v) is 8.78. The minimum absolute atomic E-state index is 0.0357. The van der Waals surface area contributed by atoms with E-state index < -0.39 is 0 Å². The van der Waals surface area contributed by atoms with Crippen molar-refractivity contribution in [2.24, 2.45) is 23.0 Å². The van der Waals surface area contributed by atoms with Gasteiger partial charge in [0.1, 0.15) is 0 Å². The lowest BCUT2D eigenvalue weighted by Crippen LogP contribution is -2.57. The Balaban J connectivity index is 2.07. The minimum atomic E-state index is -0.0357. The molecule has 118 valence electrons. The Labute approximate surface area is 125 Å². The smallest absolute Gasteiger partial charge is 0.0835 e. The van der Waals surface area contributed by atoms with E-state index in [1.54, 1.807) is 0 Å². The molecule has 0 radical (unpaired) electrons. The summed E-state index contributed by atoms with van der Waals surface area (Å²) in [4.78, 5) is 0. The van der Waals surface area contributed by atoms with Crippen molar-refractivity contribution in [3.05, 3.63) is 0 Å². The van der Waals surface area contributed by atoms with Crippen LogP contribution in [0.25, 0.3) is 0 Å². The third-order valence-corrected chi connectivity index (χ3v) is 5.97. The first-order chi connectivity index (χ1) is 9.38. The molecule has 2 heteroatoms. The molecule has 0 heterocycles. The largest absolute Gasteiger partial charge is 0.374 e. The Morgan fingerprint density at radius 2 is 1.80 bits per heavy atom. The Morgan fingerprint density at radius 1 is 1.15 bits per heavy atom. The number of hydrogen-bond acceptors (Lipinski definition) is 2. The average molecular weight is 281 g/mol. The third kappa shape index (κ3) is 3.57. The molecule has 2 aliphatic rings. The van der Waals surface area contributed by atoms with E-state index in [2.05, 4.69) is 27.7 Å². The fourth-order valence-corrected chi connectivity index (χ4v) is 4.45. The van der Waals surface area contributed by atoms with Crippen LogP contribution in [0.2, 0.25) is 0 Å². The zero-order chi connectivity index (χ0) is 14.8. The maximum atomic E-state index is 6.77. The fourth-order valence-electron chi connectivity index (χ4n) is 4.45. The predicted molar refractivity (Wildman–Crippen MR) is 85.7 cm³/mol. The zero-order valence-electron chi connectivity index (χ0n) is 14.1. The predicted octanol–water partition coefficient (Wildman–Crippen LogP) is 4.52. The summed E-state index contributed by atoms with van der Waals surface area (Å²) >= 11 is 0. The standard InChI is InChI=1S/C18H35NO/c1-5-20-18(11-9-17(3,4)10-12-18)16(19)15-8-6-7-14(2)13-15/h14-16H,5-13,19H2,1-4H3. The fraction of sp³-hybridized carbons (Fsp3) is 1.00. The highest BCUT2D eigenvalue weighted by Crippen LogP contribution is 2.46. The molecule has 3 atom stereocenters. The molecular formula is C18H35NO. The minimum Gasteiger partial charge on any atom is -0.374 e. The summed E-state index contributed by atoms with van der Waals surface area (Å²) in [5, 5.41) is 0. The van der Waals surface area contributed by atoms with Crippen molar-refractivity contribution in [1.29, 1.82) is 0 Å². The van der Waals surface area contributed by atoms with Crippen LogP contribution in [0.1, 0.15) is 79.1 Å². The van der Waals surface area contributed by atoms with E-state index in [0.717, 1.165) is 25.4 Å². The zero-order valence-corrected chi connectivity index (χ0v) is 14.1. The van der Waals surface area contributed by atoms with Crippen LogP contribution in [0.5, 0.6) is 0 Å². The lowest BCUT2D eigenvalue weighted by atomic mass is 9.64. The van der Waals surface area contributed by atoms with Crippen LogP contribution in [0.3, 0.4) is 0 Å². The molecule has 0 bridgehead atoms. The second-order valence-electron chi connectivity index (χ2n) is 8.22. The molecule has 0 aliphatic heterocycles. The maximum absolute atomic E-state index is 6.77. The van der Waals surface area contributed by atoms with Crippen molar-refractivity contribution >= 4 is 0 Å². The van der Waals surface area contributed by atoms with Crippen molar-refractivity contribution < 1.29 is 4.74 Å². The molecule has 2 saturated carbocycles. The molecule has 0 aromatic rings. The van der Waals surface area contributed by atoms with Gasteiger partial charge in [0.15, 0.2) is 0 Å². The summed E-state index contributed by atoms with van der Waals surface area (Å²) < 4.78 is 6.29. The van der Waals surface area contributed by atoms with Gasteiger partial charge in [0.2, 0.25) is 0 Å². The molecule has 0 amide bonds. The molecule has 0 aromatic heterocycles. The van der Waals surface area contributed by atoms with Crippen molar-refractivity contribution in [2.45, 2.75) is 90.7 Å². The number of rotatable bonds is 4. The van der Waals surface area contributed by atoms with Crippen LogP contribution >= 0.6 is 0 Å². The van der Waals surface area contributed by atoms with Crippen LogP contribution in [0.15, 0.2) is 0 Å². The molecule has 3 unspecified atom stereocenters. The van der Waals surface area contributed by atoms with Gasteiger partial charge in [0.25, 0.3) is 0 Å². The van der Waals surface area contributed by atoms with Crippen LogP contribution in [0, 0.1) is 17.3 Å². The van der Waals surface area contributed by atoms with Gasteiger partial charge in [-0.15, -0.1) is 0 Å². The quantitative estimate of drug-likeness (QED) is 0.822. The van der Waals surface area contributed by atoms with E-state index in [1.807, 2.05) is 0 Å². The van der Waals surface area contributed by atoms with Gasteiger partial charge in [-0.1, -0.05) is 33.6 Å². The summed E-state index contributed by atoms with van der Waals surface area (Å²) in [6, 6.07) is 0.237. The molecule has 2 nitrogen and oxygen atoms in total. The van der Waals surface area contributed by atoms with E-state index in [0.29, 0.717) is 11.3 Å². The molecule has 0 saturated heterocycles. The van der Waals surface area contributed by atoms with Crippen LogP contribution in [-0.4, -0.2) is 18.2 Å². The van der Waals surface area contributed by atoms with Crippen molar-refractivity contribution in [2.75, 3.05) is 6.61 Å². The molecule has 2 aliphatic carbocycles. The number of hydrogen-bond donors (Lipinski definition) is 1. The molecule has 0 aromatic carbocycles. The Hall–Kier alpha value is -0.0800. The third-order valence-electron chi connectivity index (χ3n) is 5.97. The summed E-state index contributed by atoms with van der Waals surface area (Å²) in [6.07, 6.45) is 10.2. The van der Waals surface area contributed by atoms with Gasteiger partial charge < -0.3 is 10.5 Å². The highest BCUT2D eigenvalue weighted by molar-refractivity contribution is 5.00. The van der Waals surface area contributed by atoms with Crippen molar-refractivity contribution in [3.63, 3.8) is 0 Å². The van der Waals surface area contributed by atoms with Crippen LogP contribution in [-0.2, 0) is 4.74 Å². The SMILES string of the molecule is CCOC1(C(N)C2CCCC(C)C2)CCC(C)(C)CC1. The number of nitrogens with two attached hydrogens (primary N) is 1. The summed E-state index contributed by atoms with van der Waals surface area (Å²) in [5.74, 6) is 1.52. The van der Waals surface area contributed by atoms with E-state index in [9.17, 15) is 0 Å². The summed E-state index contributed by atoms with van der Waals surface area (Å²) in [6.45, 7) is 10.1. The van der Waals surface area contributed by atoms with Gasteiger partial charge in [-0.25, -0.2) is 0 Å². The Morgan fingerprint density at radius 3 is 2.35 bits per heavy atom. The Bertz CT molecular complexity index is 303. The summed E-state index contributed by atoms with van der Waals surface area (Å²) in [5.41, 5.74) is 7.21. The lowest BCUT2D eigenvalue weighted by molar-refractivity contribution is -0.113. The van der Waals surface area contributed by atoms with Crippen molar-refractivity contribution in [3.8, 4) is 0 Å². The highest BCUT2D eigenvalue weighted by Gasteiger charge is 2.46. The van der Waals surface area contributed by atoms with E-state index in [-0.39, 0.29) is 11.6 Å². The van der Waals surface area contributed by atoms with Crippen LogP contribution < -0.4 is 5.73 Å². The monoisotopic (exact) mass is 281 g/mol. The summed E-state index contributed by atoms with van der Waals surface area (Å²) in [7, 11) is 0. The van der Waals surface area contributed by atoms with Gasteiger partial charge in [0.05, 0.1) is 5.60 Å². The van der Waals surface area contributed by atoms with E-state index in [4.69, 9.17) is 10.5 Å². The maximum Gasteiger partial charge on any atom is 0.0835 e. The van der Waals surface area contributed by atoms with Gasteiger partial charge in [-0.3, -0.25) is 0 Å². The van der Waals surface area contributed by atoms with Gasteiger partial charge in [0, 0.05) is 12.6 Å². The first kappa shape index (κ1) is 16.3. The molecule has 2 fully saturated rings. The highest BCUT2D eigenvalue weighted by atomic mass is 16.5. The van der Waals surface area contributed by atoms with Gasteiger partial charge in [-0.05, 0) is 62.7 Å². The normalized spacial score (nSPS) is 34.6. The topological polar surface area (TPSA) is 35.2 Å². The Kier molecular flexibility index (Phi) is 5.18. The second-order valence-corrected chi connectivity index (χ2v) is 8.22. The van der Waals surface area contributed by atoms with Gasteiger partial charge in [-0.2, -0.15) is 0 Å². The van der Waals surface area contributed by atoms with Gasteiger partial charge >= 0.3 is 0 Å². The second kappa shape index (κ2) is 6.36. The first-order valence-electron chi connectivity index (χ1n) is 8.78. The van der Waals surface area contributed by atoms with E-state index >= 15 is 0 Å².